The first kappa shape index (κ1) is 15.1. The molecule has 1 aromatic heterocycles. The van der Waals surface area contributed by atoms with Crippen LogP contribution < -0.4 is 10.5 Å². The predicted octanol–water partition coefficient (Wildman–Crippen LogP) is 3.19. The molecule has 0 aliphatic heterocycles. The van der Waals surface area contributed by atoms with Gasteiger partial charge in [0.25, 0.3) is 5.91 Å². The van der Waals surface area contributed by atoms with Gasteiger partial charge in [-0.15, -0.1) is 0 Å². The van der Waals surface area contributed by atoms with E-state index < -0.39 is 17.5 Å². The first-order valence-corrected chi connectivity index (χ1v) is 7.78. The number of ether oxygens (including phenoxy) is 1. The van der Waals surface area contributed by atoms with Crippen LogP contribution in [0, 0.1) is 17.6 Å². The second kappa shape index (κ2) is 5.00. The molecule has 124 valence electrons. The van der Waals surface area contributed by atoms with Gasteiger partial charge in [0.2, 0.25) is 5.88 Å². The summed E-state index contributed by atoms with van der Waals surface area (Å²) in [6, 6.07) is 4.68. The molecule has 3 fully saturated rings. The quantitative estimate of drug-likeness (QED) is 0.936. The van der Waals surface area contributed by atoms with Crippen molar-refractivity contribution in [3.8, 4) is 17.0 Å². The Balaban J connectivity index is 1.91. The van der Waals surface area contributed by atoms with Crippen LogP contribution in [0.4, 0.5) is 8.78 Å². The Bertz CT molecular complexity index is 829. The molecule has 0 radical (unpaired) electrons. The molecule has 3 aliphatic rings. The van der Waals surface area contributed by atoms with E-state index in [1.54, 1.807) is 0 Å². The molecule has 3 saturated carbocycles. The molecule has 3 aliphatic carbocycles. The lowest BCUT2D eigenvalue weighted by molar-refractivity contribution is -0.0316. The number of amides is 1. The first-order chi connectivity index (χ1) is 11.4. The molecule has 0 spiro atoms. The first-order valence-electron chi connectivity index (χ1n) is 7.78. The number of nitrogens with two attached hydrogens (primary N) is 1. The minimum absolute atomic E-state index is 0.0893. The highest BCUT2D eigenvalue weighted by Crippen LogP contribution is 2.65. The Morgan fingerprint density at radius 2 is 1.83 bits per heavy atom. The Labute approximate surface area is 137 Å². The van der Waals surface area contributed by atoms with Crippen molar-refractivity contribution in [2.24, 2.45) is 11.7 Å². The molecule has 2 aromatic rings. The molecule has 24 heavy (non-hydrogen) atoms. The monoisotopic (exact) mass is 330 g/mol. The van der Waals surface area contributed by atoms with Crippen molar-refractivity contribution in [2.75, 3.05) is 7.11 Å². The van der Waals surface area contributed by atoms with Crippen molar-refractivity contribution in [3.05, 3.63) is 47.2 Å². The van der Waals surface area contributed by atoms with Crippen LogP contribution in [0.5, 0.6) is 5.88 Å². The molecule has 2 bridgehead atoms. The summed E-state index contributed by atoms with van der Waals surface area (Å²) in [5.41, 5.74) is 7.00. The fourth-order valence-electron chi connectivity index (χ4n) is 3.93. The number of hydrogen-bond acceptors (Lipinski definition) is 3. The van der Waals surface area contributed by atoms with Crippen molar-refractivity contribution >= 4 is 5.91 Å². The van der Waals surface area contributed by atoms with Crippen molar-refractivity contribution < 1.29 is 18.3 Å². The van der Waals surface area contributed by atoms with E-state index in [0.717, 1.165) is 25.3 Å². The van der Waals surface area contributed by atoms with Gasteiger partial charge in [-0.25, -0.2) is 13.8 Å². The number of pyridine rings is 1. The van der Waals surface area contributed by atoms with Gasteiger partial charge in [-0.3, -0.25) is 4.79 Å². The van der Waals surface area contributed by atoms with Gasteiger partial charge in [-0.1, -0.05) is 0 Å². The smallest absolute Gasteiger partial charge is 0.250 e. The summed E-state index contributed by atoms with van der Waals surface area (Å²) in [4.78, 5) is 16.4. The van der Waals surface area contributed by atoms with Crippen LogP contribution in [-0.4, -0.2) is 18.0 Å². The van der Waals surface area contributed by atoms with Crippen molar-refractivity contribution in [1.82, 2.24) is 4.98 Å². The summed E-state index contributed by atoms with van der Waals surface area (Å²) >= 11 is 0. The SMILES string of the molecule is COc1nc(C23CC(C2)C3)c(C(N)=O)cc1-c1cc(F)cc(F)c1. The Morgan fingerprint density at radius 3 is 2.29 bits per heavy atom. The molecule has 0 atom stereocenters. The summed E-state index contributed by atoms with van der Waals surface area (Å²) in [5, 5.41) is 0. The fourth-order valence-corrected chi connectivity index (χ4v) is 3.93. The maximum atomic E-state index is 13.6. The number of aromatic nitrogens is 1. The van der Waals surface area contributed by atoms with Gasteiger partial charge in [0.1, 0.15) is 11.6 Å². The van der Waals surface area contributed by atoms with Gasteiger partial charge in [-0.2, -0.15) is 0 Å². The molecule has 1 aromatic carbocycles. The maximum Gasteiger partial charge on any atom is 0.250 e. The van der Waals surface area contributed by atoms with Gasteiger partial charge in [-0.05, 0) is 48.9 Å². The summed E-state index contributed by atoms with van der Waals surface area (Å²) in [5.74, 6) is -1.07. The van der Waals surface area contributed by atoms with E-state index in [9.17, 15) is 13.6 Å². The number of nitrogens with zero attached hydrogens (tertiary/aromatic N) is 1. The molecular weight excluding hydrogens is 314 g/mol. The van der Waals surface area contributed by atoms with Crippen LogP contribution in [0.3, 0.4) is 0 Å². The second-order valence-electron chi connectivity index (χ2n) is 6.72. The highest BCUT2D eigenvalue weighted by molar-refractivity contribution is 5.96. The van der Waals surface area contributed by atoms with Gasteiger partial charge in [0, 0.05) is 17.0 Å². The number of carbonyl (C=O) groups excluding carboxylic acids is 1. The van der Waals surface area contributed by atoms with Crippen LogP contribution in [-0.2, 0) is 5.41 Å². The van der Waals surface area contributed by atoms with Crippen LogP contribution in [0.2, 0.25) is 0 Å². The van der Waals surface area contributed by atoms with E-state index in [1.807, 2.05) is 0 Å². The lowest BCUT2D eigenvalue weighted by Gasteiger charge is -2.61. The molecule has 2 N–H and O–H groups in total. The van der Waals surface area contributed by atoms with E-state index >= 15 is 0 Å². The number of primary amides is 1. The summed E-state index contributed by atoms with van der Waals surface area (Å²) < 4.78 is 32.4. The lowest BCUT2D eigenvalue weighted by Crippen LogP contribution is -2.56. The Kier molecular flexibility index (Phi) is 3.13. The zero-order valence-electron chi connectivity index (χ0n) is 13.1. The number of methoxy groups -OCH3 is 1. The highest BCUT2D eigenvalue weighted by atomic mass is 19.1. The van der Waals surface area contributed by atoms with Crippen molar-refractivity contribution in [2.45, 2.75) is 24.7 Å². The topological polar surface area (TPSA) is 65.2 Å². The normalized spacial score (nSPS) is 24.0. The molecule has 1 amide bonds. The minimum Gasteiger partial charge on any atom is -0.481 e. The number of carbonyl (C=O) groups is 1. The molecule has 1 heterocycles. The fraction of sp³-hybridized carbons (Fsp3) is 0.333. The number of hydrogen-bond donors (Lipinski definition) is 1. The number of halogens is 2. The third-order valence-electron chi connectivity index (χ3n) is 5.16. The zero-order valence-corrected chi connectivity index (χ0v) is 13.1. The average Bonchev–Trinajstić information content (AvgIpc) is 2.42. The predicted molar refractivity (Wildman–Crippen MR) is 83.7 cm³/mol. The molecule has 5 rings (SSSR count). The van der Waals surface area contributed by atoms with Crippen LogP contribution in [0.25, 0.3) is 11.1 Å². The summed E-state index contributed by atoms with van der Waals surface area (Å²) in [7, 11) is 1.44. The lowest BCUT2D eigenvalue weighted by atomic mass is 9.43. The zero-order chi connectivity index (χ0) is 17.1. The van der Waals surface area contributed by atoms with Gasteiger partial charge in [0.15, 0.2) is 0 Å². The van der Waals surface area contributed by atoms with E-state index in [4.69, 9.17) is 10.5 Å². The summed E-state index contributed by atoms with van der Waals surface area (Å²) in [6.45, 7) is 0. The number of benzene rings is 1. The second-order valence-corrected chi connectivity index (χ2v) is 6.72. The molecule has 0 unspecified atom stereocenters. The van der Waals surface area contributed by atoms with Crippen molar-refractivity contribution in [3.63, 3.8) is 0 Å². The summed E-state index contributed by atoms with van der Waals surface area (Å²) in [6.07, 6.45) is 2.99. The Hall–Kier alpha value is -2.50. The Morgan fingerprint density at radius 1 is 1.21 bits per heavy atom. The molecule has 6 heteroatoms. The van der Waals surface area contributed by atoms with E-state index in [1.165, 1.54) is 25.3 Å². The third kappa shape index (κ3) is 2.09. The van der Waals surface area contributed by atoms with E-state index in [2.05, 4.69) is 4.98 Å². The van der Waals surface area contributed by atoms with E-state index in [0.29, 0.717) is 22.7 Å². The van der Waals surface area contributed by atoms with Crippen LogP contribution in [0.15, 0.2) is 24.3 Å². The molecule has 4 nitrogen and oxygen atoms in total. The highest BCUT2D eigenvalue weighted by Gasteiger charge is 2.59. The average molecular weight is 330 g/mol. The van der Waals surface area contributed by atoms with Gasteiger partial charge >= 0.3 is 0 Å². The van der Waals surface area contributed by atoms with Gasteiger partial charge in [0.05, 0.1) is 18.4 Å². The van der Waals surface area contributed by atoms with E-state index in [-0.39, 0.29) is 16.9 Å². The third-order valence-corrected chi connectivity index (χ3v) is 5.16. The number of rotatable bonds is 4. The largest absolute Gasteiger partial charge is 0.481 e. The standard InChI is InChI=1S/C18H16F2N2O2/c1-24-17-13(10-2-11(19)4-12(20)3-10)5-14(16(21)23)15(22-17)18-6-9(7-18)8-18/h2-5,9H,6-8H2,1H3,(H2,21,23). The minimum atomic E-state index is -0.712. The molecular formula is C18H16F2N2O2. The van der Waals surface area contributed by atoms with Gasteiger partial charge < -0.3 is 10.5 Å². The van der Waals surface area contributed by atoms with Crippen LogP contribution in [0.1, 0.15) is 35.3 Å². The molecule has 0 saturated heterocycles. The van der Waals surface area contributed by atoms with Crippen molar-refractivity contribution in [1.29, 1.82) is 0 Å². The maximum absolute atomic E-state index is 13.6. The van der Waals surface area contributed by atoms with Crippen LogP contribution >= 0.6 is 0 Å².